The number of hydrogen-bond donors (Lipinski definition) is 0. The molecular formula is C14H12ClNS2. The van der Waals surface area contributed by atoms with Crippen molar-refractivity contribution in [2.75, 3.05) is 5.75 Å². The molecule has 0 aliphatic carbocycles. The summed E-state index contributed by atoms with van der Waals surface area (Å²) in [4.78, 5) is 7.33. The van der Waals surface area contributed by atoms with Gasteiger partial charge >= 0.3 is 0 Å². The Labute approximate surface area is 120 Å². The summed E-state index contributed by atoms with van der Waals surface area (Å²) in [7, 11) is 0. The van der Waals surface area contributed by atoms with Gasteiger partial charge in [0.25, 0.3) is 0 Å². The zero-order valence-corrected chi connectivity index (χ0v) is 12.1. The topological polar surface area (TPSA) is 12.4 Å². The number of fused-ring (bicyclic) bond motifs is 1. The van der Waals surface area contributed by atoms with E-state index in [-0.39, 0.29) is 0 Å². The Morgan fingerprint density at radius 1 is 1.22 bits per heavy atom. The average molecular weight is 294 g/mol. The Balaban J connectivity index is 2.08. The molecule has 1 aliphatic heterocycles. The quantitative estimate of drug-likeness (QED) is 0.685. The molecule has 92 valence electrons. The van der Waals surface area contributed by atoms with Gasteiger partial charge in [0, 0.05) is 14.8 Å². The van der Waals surface area contributed by atoms with Crippen molar-refractivity contribution in [3.05, 3.63) is 45.6 Å². The first-order valence-electron chi connectivity index (χ1n) is 5.87. The van der Waals surface area contributed by atoms with E-state index >= 15 is 0 Å². The van der Waals surface area contributed by atoms with Crippen molar-refractivity contribution < 1.29 is 0 Å². The molecule has 18 heavy (non-hydrogen) atoms. The summed E-state index contributed by atoms with van der Waals surface area (Å²) in [6.45, 7) is 0. The Hall–Kier alpha value is -0.770. The summed E-state index contributed by atoms with van der Waals surface area (Å²) in [6.07, 6.45) is 2.21. The zero-order valence-electron chi connectivity index (χ0n) is 9.73. The fourth-order valence-electron chi connectivity index (χ4n) is 1.94. The Kier molecular flexibility index (Phi) is 3.73. The lowest BCUT2D eigenvalue weighted by molar-refractivity contribution is 1.00. The average Bonchev–Trinajstić information content (AvgIpc) is 2.85. The standard InChI is InChI=1S/C14H12ClNS2/c15-10-5-6-14-12(9-10)16-11(3-1-7-18-14)13-4-2-8-17-13/h2,4-6,8-9H,1,3,7H2. The molecule has 0 saturated heterocycles. The maximum Gasteiger partial charge on any atom is 0.0784 e. The molecule has 1 nitrogen and oxygen atoms in total. The molecule has 0 bridgehead atoms. The van der Waals surface area contributed by atoms with Gasteiger partial charge in [0.15, 0.2) is 0 Å². The highest BCUT2D eigenvalue weighted by Gasteiger charge is 2.12. The number of hydrogen-bond acceptors (Lipinski definition) is 3. The first-order valence-corrected chi connectivity index (χ1v) is 8.11. The molecule has 0 unspecified atom stereocenters. The molecule has 2 aromatic rings. The van der Waals surface area contributed by atoms with Crippen molar-refractivity contribution in [1.29, 1.82) is 0 Å². The molecule has 0 fully saturated rings. The number of nitrogens with zero attached hydrogens (tertiary/aromatic N) is 1. The summed E-state index contributed by atoms with van der Waals surface area (Å²) < 4.78 is 0. The maximum absolute atomic E-state index is 6.07. The van der Waals surface area contributed by atoms with Crippen LogP contribution < -0.4 is 0 Å². The SMILES string of the molecule is Clc1ccc2c(c1)N=C(c1cccs1)CCCS2. The lowest BCUT2D eigenvalue weighted by atomic mass is 10.2. The van der Waals surface area contributed by atoms with Crippen LogP contribution in [0.5, 0.6) is 0 Å². The maximum atomic E-state index is 6.07. The fraction of sp³-hybridized carbons (Fsp3) is 0.214. The summed E-state index contributed by atoms with van der Waals surface area (Å²) in [5.41, 5.74) is 2.20. The van der Waals surface area contributed by atoms with Crippen LogP contribution >= 0.6 is 34.7 Å². The Morgan fingerprint density at radius 3 is 3.00 bits per heavy atom. The van der Waals surface area contributed by atoms with Gasteiger partial charge in [0.2, 0.25) is 0 Å². The molecule has 0 saturated carbocycles. The van der Waals surface area contributed by atoms with Gasteiger partial charge in [-0.3, -0.25) is 4.99 Å². The van der Waals surface area contributed by atoms with Gasteiger partial charge in [-0.2, -0.15) is 0 Å². The molecule has 3 rings (SSSR count). The van der Waals surface area contributed by atoms with E-state index in [1.54, 1.807) is 11.3 Å². The van der Waals surface area contributed by atoms with Crippen molar-refractivity contribution in [3.63, 3.8) is 0 Å². The lowest BCUT2D eigenvalue weighted by Crippen LogP contribution is -2.01. The van der Waals surface area contributed by atoms with E-state index < -0.39 is 0 Å². The van der Waals surface area contributed by atoms with Crippen molar-refractivity contribution in [2.45, 2.75) is 17.7 Å². The highest BCUT2D eigenvalue weighted by Crippen LogP contribution is 2.35. The van der Waals surface area contributed by atoms with E-state index in [1.165, 1.54) is 21.9 Å². The first-order chi connectivity index (χ1) is 8.83. The van der Waals surface area contributed by atoms with Gasteiger partial charge in [-0.1, -0.05) is 17.7 Å². The smallest absolute Gasteiger partial charge is 0.0784 e. The number of thioether (sulfide) groups is 1. The zero-order chi connectivity index (χ0) is 12.4. The molecule has 1 aromatic heterocycles. The lowest BCUT2D eigenvalue weighted by Gasteiger charge is -2.12. The van der Waals surface area contributed by atoms with Crippen LogP contribution in [-0.2, 0) is 0 Å². The number of aliphatic imine (C=N–C) groups is 1. The normalized spacial score (nSPS) is 15.5. The largest absolute Gasteiger partial charge is 0.251 e. The third-order valence-corrected chi connectivity index (χ3v) is 5.10. The van der Waals surface area contributed by atoms with Gasteiger partial charge in [-0.05, 0) is 48.2 Å². The van der Waals surface area contributed by atoms with Crippen molar-refractivity contribution >= 4 is 46.1 Å². The van der Waals surface area contributed by atoms with Crippen LogP contribution in [-0.4, -0.2) is 11.5 Å². The molecule has 0 atom stereocenters. The Bertz CT molecular complexity index is 575. The molecular weight excluding hydrogens is 282 g/mol. The molecule has 2 heterocycles. The predicted molar refractivity (Wildman–Crippen MR) is 81.9 cm³/mol. The van der Waals surface area contributed by atoms with Crippen LogP contribution in [0.25, 0.3) is 0 Å². The van der Waals surface area contributed by atoms with Gasteiger partial charge in [-0.15, -0.1) is 23.1 Å². The highest BCUT2D eigenvalue weighted by molar-refractivity contribution is 7.99. The van der Waals surface area contributed by atoms with E-state index in [2.05, 4.69) is 23.6 Å². The minimum absolute atomic E-state index is 0.754. The molecule has 0 radical (unpaired) electrons. The first kappa shape index (κ1) is 12.3. The number of thiophene rings is 1. The van der Waals surface area contributed by atoms with Crippen molar-refractivity contribution in [1.82, 2.24) is 0 Å². The summed E-state index contributed by atoms with van der Waals surface area (Å²) in [6, 6.07) is 10.2. The van der Waals surface area contributed by atoms with Crippen LogP contribution in [0.2, 0.25) is 5.02 Å². The van der Waals surface area contributed by atoms with E-state index in [0.717, 1.165) is 22.9 Å². The van der Waals surface area contributed by atoms with E-state index in [0.29, 0.717) is 0 Å². The highest BCUT2D eigenvalue weighted by atomic mass is 35.5. The van der Waals surface area contributed by atoms with E-state index in [1.807, 2.05) is 23.9 Å². The number of halogens is 1. The third kappa shape index (κ3) is 2.63. The second-order valence-corrected chi connectivity index (χ2v) is 6.62. The van der Waals surface area contributed by atoms with Gasteiger partial charge in [-0.25, -0.2) is 0 Å². The van der Waals surface area contributed by atoms with E-state index in [9.17, 15) is 0 Å². The summed E-state index contributed by atoms with van der Waals surface area (Å²) >= 11 is 9.69. The minimum atomic E-state index is 0.754. The number of benzene rings is 1. The molecule has 0 amide bonds. The van der Waals surface area contributed by atoms with Crippen LogP contribution in [0.4, 0.5) is 5.69 Å². The van der Waals surface area contributed by atoms with E-state index in [4.69, 9.17) is 16.6 Å². The van der Waals surface area contributed by atoms with Crippen LogP contribution in [0.3, 0.4) is 0 Å². The second kappa shape index (κ2) is 5.47. The molecule has 4 heteroatoms. The van der Waals surface area contributed by atoms with Crippen molar-refractivity contribution in [2.24, 2.45) is 4.99 Å². The molecule has 0 spiro atoms. The summed E-state index contributed by atoms with van der Waals surface area (Å²) in [5.74, 6) is 1.14. The van der Waals surface area contributed by atoms with Gasteiger partial charge < -0.3 is 0 Å². The monoisotopic (exact) mass is 293 g/mol. The van der Waals surface area contributed by atoms with Crippen LogP contribution in [0.1, 0.15) is 17.7 Å². The fourth-order valence-corrected chi connectivity index (χ4v) is 3.78. The molecule has 1 aromatic carbocycles. The van der Waals surface area contributed by atoms with Crippen LogP contribution in [0.15, 0.2) is 45.6 Å². The third-order valence-electron chi connectivity index (χ3n) is 2.80. The van der Waals surface area contributed by atoms with Gasteiger partial charge in [0.1, 0.15) is 0 Å². The predicted octanol–water partition coefficient (Wildman–Crippen LogP) is 5.41. The summed E-state index contributed by atoms with van der Waals surface area (Å²) in [5, 5.41) is 2.86. The van der Waals surface area contributed by atoms with Crippen molar-refractivity contribution in [3.8, 4) is 0 Å². The number of rotatable bonds is 1. The second-order valence-electron chi connectivity index (χ2n) is 4.10. The minimum Gasteiger partial charge on any atom is -0.251 e. The molecule has 1 aliphatic rings. The Morgan fingerprint density at radius 2 is 2.17 bits per heavy atom. The van der Waals surface area contributed by atoms with Crippen LogP contribution in [0, 0.1) is 0 Å². The van der Waals surface area contributed by atoms with Gasteiger partial charge in [0.05, 0.1) is 11.4 Å². The molecule has 0 N–H and O–H groups in total.